The van der Waals surface area contributed by atoms with Crippen molar-refractivity contribution in [2.75, 3.05) is 16.9 Å². The summed E-state index contributed by atoms with van der Waals surface area (Å²) in [6, 6.07) is 72.2. The van der Waals surface area contributed by atoms with Gasteiger partial charge in [0.2, 0.25) is 0 Å². The third kappa shape index (κ3) is 10.1. The lowest BCUT2D eigenvalue weighted by Crippen LogP contribution is -2.12. The Bertz CT molecular complexity index is 2770. The number of carbonyl (C=O) groups excluding carboxylic acids is 1. The Labute approximate surface area is 370 Å². The summed E-state index contributed by atoms with van der Waals surface area (Å²) >= 11 is 0. The number of carbonyl (C=O) groups is 1. The first-order valence-corrected chi connectivity index (χ1v) is 21.0. The van der Waals surface area contributed by atoms with Crippen molar-refractivity contribution in [3.05, 3.63) is 258 Å². The van der Waals surface area contributed by atoms with E-state index in [1.807, 2.05) is 86.7 Å². The van der Waals surface area contributed by atoms with Crippen LogP contribution in [0.1, 0.15) is 40.9 Å². The molecular formula is C58H48N2O3. The molecular weight excluding hydrogens is 773 g/mol. The molecule has 0 spiro atoms. The van der Waals surface area contributed by atoms with Gasteiger partial charge in [-0.05, 0) is 169 Å². The molecule has 308 valence electrons. The van der Waals surface area contributed by atoms with Gasteiger partial charge < -0.3 is 19.3 Å². The van der Waals surface area contributed by atoms with Gasteiger partial charge in [0.05, 0.1) is 7.11 Å². The summed E-state index contributed by atoms with van der Waals surface area (Å²) in [6.45, 7) is 3.75. The van der Waals surface area contributed by atoms with Gasteiger partial charge >= 0.3 is 0 Å². The topological polar surface area (TPSA) is 42.0 Å². The average Bonchev–Trinajstić information content (AvgIpc) is 3.35. The first-order chi connectivity index (χ1) is 31.0. The fourth-order valence-corrected chi connectivity index (χ4v) is 7.43. The molecule has 0 saturated carbocycles. The largest absolute Gasteiger partial charge is 0.497 e. The minimum Gasteiger partial charge on any atom is -0.497 e. The highest BCUT2D eigenvalue weighted by atomic mass is 16.5. The van der Waals surface area contributed by atoms with Gasteiger partial charge in [0.1, 0.15) is 17.2 Å². The predicted octanol–water partition coefficient (Wildman–Crippen LogP) is 15.7. The summed E-state index contributed by atoms with van der Waals surface area (Å²) in [7, 11) is 1.68. The second kappa shape index (κ2) is 19.9. The predicted molar refractivity (Wildman–Crippen MR) is 262 cm³/mol. The highest BCUT2D eigenvalue weighted by Gasteiger charge is 2.17. The van der Waals surface area contributed by atoms with Gasteiger partial charge in [0.25, 0.3) is 0 Å². The number of allylic oxidation sites excluding steroid dienone is 4. The molecule has 8 rings (SSSR count). The van der Waals surface area contributed by atoms with Crippen molar-refractivity contribution in [3.8, 4) is 17.2 Å². The molecule has 0 unspecified atom stereocenters. The third-order valence-corrected chi connectivity index (χ3v) is 10.7. The lowest BCUT2D eigenvalue weighted by Gasteiger charge is -2.28. The van der Waals surface area contributed by atoms with Gasteiger partial charge in [-0.2, -0.15) is 0 Å². The number of anilines is 6. The molecule has 0 bridgehead atoms. The van der Waals surface area contributed by atoms with Gasteiger partial charge in [-0.25, -0.2) is 0 Å². The number of Topliss-reactive ketones (excluding diaryl/α,β-unsaturated/α-hetero) is 1. The van der Waals surface area contributed by atoms with Gasteiger partial charge in [-0.3, -0.25) is 4.79 Å². The Balaban J connectivity index is 1.13. The van der Waals surface area contributed by atoms with Gasteiger partial charge in [0, 0.05) is 39.7 Å². The Morgan fingerprint density at radius 1 is 0.444 bits per heavy atom. The lowest BCUT2D eigenvalue weighted by molar-refractivity contribution is 0.103. The first-order valence-electron chi connectivity index (χ1n) is 21.0. The Hall–Kier alpha value is -8.15. The molecule has 0 aliphatic rings. The third-order valence-electron chi connectivity index (χ3n) is 10.7. The van der Waals surface area contributed by atoms with E-state index in [9.17, 15) is 4.79 Å². The van der Waals surface area contributed by atoms with Crippen LogP contribution in [-0.4, -0.2) is 12.9 Å². The lowest BCUT2D eigenvalue weighted by atomic mass is 9.95. The summed E-state index contributed by atoms with van der Waals surface area (Å²) in [4.78, 5) is 17.4. The minimum atomic E-state index is -0.0116. The Morgan fingerprint density at radius 3 is 1.27 bits per heavy atom. The number of hydrogen-bond donors (Lipinski definition) is 0. The fraction of sp³-hybridized carbons (Fsp3) is 0.0517. The van der Waals surface area contributed by atoms with Crippen LogP contribution in [0.15, 0.2) is 236 Å². The molecule has 0 heterocycles. The summed E-state index contributed by atoms with van der Waals surface area (Å²) < 4.78 is 11.7. The number of methoxy groups -OCH3 is 1. The molecule has 0 atom stereocenters. The monoisotopic (exact) mass is 820 g/mol. The Morgan fingerprint density at radius 2 is 0.825 bits per heavy atom. The molecule has 0 aliphatic heterocycles. The van der Waals surface area contributed by atoms with Crippen LogP contribution in [-0.2, 0) is 0 Å². The second-order valence-electron chi connectivity index (χ2n) is 14.9. The van der Waals surface area contributed by atoms with Crippen LogP contribution in [0, 0.1) is 0 Å². The molecule has 8 aromatic rings. The molecule has 0 amide bonds. The zero-order valence-electron chi connectivity index (χ0n) is 35.6. The van der Waals surface area contributed by atoms with Gasteiger partial charge in [-0.15, -0.1) is 0 Å². The van der Waals surface area contributed by atoms with Crippen molar-refractivity contribution in [2.45, 2.75) is 13.8 Å². The molecule has 0 fully saturated rings. The number of ketones is 1. The van der Waals surface area contributed by atoms with Crippen LogP contribution in [0.5, 0.6) is 17.2 Å². The molecule has 8 aromatic carbocycles. The summed E-state index contributed by atoms with van der Waals surface area (Å²) in [6.07, 6.45) is 7.85. The molecule has 0 aromatic heterocycles. The average molecular weight is 821 g/mol. The number of rotatable bonds is 15. The second-order valence-corrected chi connectivity index (χ2v) is 14.9. The van der Waals surface area contributed by atoms with Crippen LogP contribution in [0.4, 0.5) is 34.1 Å². The summed E-state index contributed by atoms with van der Waals surface area (Å²) in [5, 5.41) is 0. The van der Waals surface area contributed by atoms with Crippen LogP contribution in [0.25, 0.3) is 11.6 Å². The van der Waals surface area contributed by atoms with Gasteiger partial charge in [-0.1, -0.05) is 109 Å². The highest BCUT2D eigenvalue weighted by Crippen LogP contribution is 2.40. The molecule has 0 saturated heterocycles. The maximum atomic E-state index is 12.9. The standard InChI is InChI=1S/C58H48N2O3/c1-4-5-15-43(2)58(61)47-24-36-55(37-25-47)63-56-40-34-53(35-41-56)60(49-26-22-44(23-27-49)42-57(45-16-9-6-10-17-45)46-18-11-7-12-19-46)51-30-28-50(29-31-51)59(48-20-13-8-14-21-48)52-32-38-54(62-3)39-33-52/h4-42H,1-3H3/b5-4+,43-15+. The van der Waals surface area contributed by atoms with Crippen LogP contribution in [0.3, 0.4) is 0 Å². The minimum absolute atomic E-state index is 0.0116. The number of hydrogen-bond acceptors (Lipinski definition) is 5. The summed E-state index contributed by atoms with van der Waals surface area (Å²) in [5.74, 6) is 2.13. The van der Waals surface area contributed by atoms with E-state index in [0.29, 0.717) is 22.6 Å². The van der Waals surface area contributed by atoms with E-state index in [-0.39, 0.29) is 5.78 Å². The highest BCUT2D eigenvalue weighted by molar-refractivity contribution is 6.08. The van der Waals surface area contributed by atoms with Gasteiger partial charge in [0.15, 0.2) is 5.78 Å². The smallest absolute Gasteiger partial charge is 0.188 e. The van der Waals surface area contributed by atoms with E-state index < -0.39 is 0 Å². The van der Waals surface area contributed by atoms with E-state index in [2.05, 4.69) is 161 Å². The number of ether oxygens (including phenoxy) is 2. The number of benzene rings is 8. The maximum absolute atomic E-state index is 12.9. The van der Waals surface area contributed by atoms with Crippen molar-refractivity contribution < 1.29 is 14.3 Å². The van der Waals surface area contributed by atoms with E-state index >= 15 is 0 Å². The zero-order chi connectivity index (χ0) is 43.4. The SMILES string of the molecule is C/C=C/C=C(\C)C(=O)c1ccc(Oc2ccc(N(c3ccc(C=C(c4ccccc4)c4ccccc4)cc3)c3ccc(N(c4ccccc4)c4ccc(OC)cc4)cc3)cc2)cc1. The number of nitrogens with zero attached hydrogens (tertiary/aromatic N) is 2. The van der Waals surface area contributed by atoms with Crippen molar-refractivity contribution in [1.29, 1.82) is 0 Å². The molecule has 63 heavy (non-hydrogen) atoms. The van der Waals surface area contributed by atoms with E-state index in [0.717, 1.165) is 62.1 Å². The molecule has 0 radical (unpaired) electrons. The van der Waals surface area contributed by atoms with Crippen molar-refractivity contribution in [3.63, 3.8) is 0 Å². The molecule has 5 nitrogen and oxygen atoms in total. The molecule has 0 aliphatic carbocycles. The fourth-order valence-electron chi connectivity index (χ4n) is 7.43. The van der Waals surface area contributed by atoms with Crippen molar-refractivity contribution in [1.82, 2.24) is 0 Å². The van der Waals surface area contributed by atoms with Crippen LogP contribution in [0.2, 0.25) is 0 Å². The van der Waals surface area contributed by atoms with Crippen molar-refractivity contribution >= 4 is 51.6 Å². The van der Waals surface area contributed by atoms with E-state index in [4.69, 9.17) is 9.47 Å². The molecule has 5 heteroatoms. The summed E-state index contributed by atoms with van der Waals surface area (Å²) in [5.41, 5.74) is 11.9. The maximum Gasteiger partial charge on any atom is 0.188 e. The Kier molecular flexibility index (Phi) is 13.2. The van der Waals surface area contributed by atoms with Crippen LogP contribution >= 0.6 is 0 Å². The zero-order valence-corrected chi connectivity index (χ0v) is 35.6. The quantitative estimate of drug-likeness (QED) is 0.0446. The van der Waals surface area contributed by atoms with E-state index in [1.165, 1.54) is 0 Å². The van der Waals surface area contributed by atoms with E-state index in [1.54, 1.807) is 19.2 Å². The number of para-hydroxylation sites is 1. The molecule has 0 N–H and O–H groups in total. The normalized spacial score (nSPS) is 11.2. The van der Waals surface area contributed by atoms with Crippen LogP contribution < -0.4 is 19.3 Å². The van der Waals surface area contributed by atoms with Crippen molar-refractivity contribution in [2.24, 2.45) is 0 Å². The first kappa shape index (κ1) is 41.6.